The molecule has 0 bridgehead atoms. The van der Waals surface area contributed by atoms with Gasteiger partial charge in [-0.25, -0.2) is 0 Å². The highest BCUT2D eigenvalue weighted by Crippen LogP contribution is 2.32. The van der Waals surface area contributed by atoms with Crippen molar-refractivity contribution < 1.29 is 18.0 Å². The first-order valence-corrected chi connectivity index (χ1v) is 10.8. The van der Waals surface area contributed by atoms with Crippen LogP contribution in [0.1, 0.15) is 35.4 Å². The highest BCUT2D eigenvalue weighted by atomic mass is 35.5. The number of rotatable bonds is 7. The minimum Gasteiger partial charge on any atom is -0.387 e. The van der Waals surface area contributed by atoms with E-state index in [1.807, 2.05) is 24.3 Å². The van der Waals surface area contributed by atoms with Crippen LogP contribution in [0.3, 0.4) is 0 Å². The smallest absolute Gasteiger partial charge is 0.387 e. The number of allylic oxidation sites excluding steroid dienone is 2. The molecule has 0 radical (unpaired) electrons. The van der Waals surface area contributed by atoms with Crippen LogP contribution in [-0.2, 0) is 16.7 Å². The van der Waals surface area contributed by atoms with E-state index in [4.69, 9.17) is 11.6 Å². The van der Waals surface area contributed by atoms with Crippen LogP contribution in [0.2, 0.25) is 5.02 Å². The molecule has 2 aromatic rings. The van der Waals surface area contributed by atoms with Gasteiger partial charge in [0.2, 0.25) is 0 Å². The summed E-state index contributed by atoms with van der Waals surface area (Å²) in [5.74, 6) is 1.46. The molecule has 0 aromatic heterocycles. The largest absolute Gasteiger partial charge is 0.416 e. The van der Waals surface area contributed by atoms with E-state index in [9.17, 15) is 18.0 Å². The Labute approximate surface area is 177 Å². The number of alkyl halides is 3. The third-order valence-electron chi connectivity index (χ3n) is 4.71. The molecule has 3 rings (SSSR count). The molecule has 0 aliphatic heterocycles. The van der Waals surface area contributed by atoms with Crippen molar-refractivity contribution in [3.05, 3.63) is 82.0 Å². The second-order valence-corrected chi connectivity index (χ2v) is 8.51. The summed E-state index contributed by atoms with van der Waals surface area (Å²) in [6.45, 7) is 0.649. The van der Waals surface area contributed by atoms with Gasteiger partial charge in [0.15, 0.2) is 5.78 Å². The zero-order valence-electron chi connectivity index (χ0n) is 15.6. The fourth-order valence-corrected chi connectivity index (χ4v) is 4.23. The summed E-state index contributed by atoms with van der Waals surface area (Å²) in [5.41, 5.74) is 2.03. The molecule has 0 unspecified atom stereocenters. The van der Waals surface area contributed by atoms with Gasteiger partial charge in [-0.15, -0.1) is 0 Å². The van der Waals surface area contributed by atoms with Gasteiger partial charge in [0.25, 0.3) is 0 Å². The van der Waals surface area contributed by atoms with E-state index < -0.39 is 11.7 Å². The predicted molar refractivity (Wildman–Crippen MR) is 112 cm³/mol. The number of hydrogen-bond donors (Lipinski definition) is 1. The molecular weight excluding hydrogens is 419 g/mol. The molecule has 1 N–H and O–H groups in total. The van der Waals surface area contributed by atoms with Gasteiger partial charge in [-0.3, -0.25) is 4.79 Å². The van der Waals surface area contributed by atoms with Gasteiger partial charge in [-0.2, -0.15) is 24.9 Å². The summed E-state index contributed by atoms with van der Waals surface area (Å²) < 4.78 is 38.3. The Morgan fingerprint density at radius 3 is 2.59 bits per heavy atom. The quantitative estimate of drug-likeness (QED) is 0.520. The topological polar surface area (TPSA) is 29.1 Å². The lowest BCUT2D eigenvalue weighted by atomic mass is 9.85. The molecule has 0 saturated carbocycles. The lowest BCUT2D eigenvalue weighted by molar-refractivity contribution is -0.137. The third-order valence-corrected chi connectivity index (χ3v) is 5.99. The maximum Gasteiger partial charge on any atom is 0.416 e. The highest BCUT2D eigenvalue weighted by molar-refractivity contribution is 7.98. The van der Waals surface area contributed by atoms with Crippen LogP contribution in [0.5, 0.6) is 0 Å². The van der Waals surface area contributed by atoms with Crippen LogP contribution in [0.25, 0.3) is 0 Å². The van der Waals surface area contributed by atoms with E-state index >= 15 is 0 Å². The molecule has 1 aliphatic carbocycles. The van der Waals surface area contributed by atoms with Gasteiger partial charge in [0.05, 0.1) is 5.56 Å². The maximum atomic E-state index is 12.8. The number of carbonyl (C=O) groups is 1. The fraction of sp³-hybridized carbons (Fsp3) is 0.318. The van der Waals surface area contributed by atoms with Crippen molar-refractivity contribution in [2.24, 2.45) is 0 Å². The first-order chi connectivity index (χ1) is 13.8. The molecule has 2 aromatic carbocycles. The first kappa shape index (κ1) is 21.8. The Balaban J connectivity index is 1.45. The molecule has 1 atom stereocenters. The van der Waals surface area contributed by atoms with Crippen molar-refractivity contribution >= 4 is 29.1 Å². The Bertz CT molecular complexity index is 880. The molecule has 29 heavy (non-hydrogen) atoms. The van der Waals surface area contributed by atoms with Crippen LogP contribution in [0.15, 0.2) is 60.3 Å². The van der Waals surface area contributed by atoms with E-state index in [1.165, 1.54) is 12.1 Å². The summed E-state index contributed by atoms with van der Waals surface area (Å²) in [7, 11) is 0. The van der Waals surface area contributed by atoms with E-state index in [1.54, 1.807) is 23.9 Å². The molecule has 0 fully saturated rings. The summed E-state index contributed by atoms with van der Waals surface area (Å²) >= 11 is 7.49. The maximum absolute atomic E-state index is 12.8. The third kappa shape index (κ3) is 6.54. The second kappa shape index (κ2) is 9.72. The van der Waals surface area contributed by atoms with Crippen LogP contribution in [0.4, 0.5) is 13.2 Å². The van der Waals surface area contributed by atoms with Crippen molar-refractivity contribution in [3.63, 3.8) is 0 Å². The number of thioether (sulfide) groups is 1. The molecule has 0 saturated heterocycles. The summed E-state index contributed by atoms with van der Waals surface area (Å²) in [5, 5.41) is 3.97. The van der Waals surface area contributed by atoms with Crippen LogP contribution >= 0.6 is 23.4 Å². The van der Waals surface area contributed by atoms with Crippen molar-refractivity contribution in [1.82, 2.24) is 5.32 Å². The van der Waals surface area contributed by atoms with E-state index in [0.717, 1.165) is 29.5 Å². The van der Waals surface area contributed by atoms with Crippen LogP contribution < -0.4 is 5.32 Å². The number of hydrogen-bond acceptors (Lipinski definition) is 3. The highest BCUT2D eigenvalue weighted by Gasteiger charge is 2.30. The Hall–Kier alpha value is -1.92. The minimum absolute atomic E-state index is 0.0929. The average Bonchev–Trinajstić information content (AvgIpc) is 2.67. The molecule has 154 valence electrons. The molecule has 0 heterocycles. The lowest BCUT2D eigenvalue weighted by Crippen LogP contribution is -2.23. The molecular formula is C22H21ClF3NOS. The molecule has 0 spiro atoms. The van der Waals surface area contributed by atoms with Crippen molar-refractivity contribution in [3.8, 4) is 0 Å². The van der Waals surface area contributed by atoms with Crippen molar-refractivity contribution in [2.45, 2.75) is 30.7 Å². The summed E-state index contributed by atoms with van der Waals surface area (Å²) in [6, 6.07) is 13.0. The lowest BCUT2D eigenvalue weighted by Gasteiger charge is -2.23. The Morgan fingerprint density at radius 2 is 1.86 bits per heavy atom. The number of nitrogens with one attached hydrogen (secondary N) is 1. The van der Waals surface area contributed by atoms with Gasteiger partial charge in [0.1, 0.15) is 0 Å². The number of ketones is 1. The van der Waals surface area contributed by atoms with Gasteiger partial charge in [-0.05, 0) is 41.7 Å². The second-order valence-electron chi connectivity index (χ2n) is 6.97. The van der Waals surface area contributed by atoms with Crippen molar-refractivity contribution in [1.29, 1.82) is 0 Å². The van der Waals surface area contributed by atoms with Crippen LogP contribution in [-0.4, -0.2) is 18.1 Å². The SMILES string of the molecule is O=C1C=C(NCCSCc2cccc(C(F)(F)F)c2)C[C@@H](c2ccc(Cl)cc2)C1. The predicted octanol–water partition coefficient (Wildman–Crippen LogP) is 6.21. The molecule has 7 heteroatoms. The molecule has 2 nitrogen and oxygen atoms in total. The van der Waals surface area contributed by atoms with Crippen LogP contribution in [0, 0.1) is 0 Å². The number of carbonyl (C=O) groups excluding carboxylic acids is 1. The molecule has 0 amide bonds. The Kier molecular flexibility index (Phi) is 7.30. The van der Waals surface area contributed by atoms with E-state index in [2.05, 4.69) is 5.32 Å². The summed E-state index contributed by atoms with van der Waals surface area (Å²) in [6.07, 6.45) is -1.42. The van der Waals surface area contributed by atoms with E-state index in [0.29, 0.717) is 29.3 Å². The zero-order chi connectivity index (χ0) is 20.9. The standard InChI is InChI=1S/C22H21ClF3NOS/c23-19-6-4-16(5-7-19)17-11-20(13-21(28)12-17)27-8-9-29-14-15-2-1-3-18(10-15)22(24,25)26/h1-7,10,13,17,27H,8-9,11-12,14H2/t17-/m1/s1. The molecule has 1 aliphatic rings. The number of benzene rings is 2. The zero-order valence-corrected chi connectivity index (χ0v) is 17.2. The normalized spacial score (nSPS) is 17.2. The first-order valence-electron chi connectivity index (χ1n) is 9.28. The van der Waals surface area contributed by atoms with Crippen molar-refractivity contribution in [2.75, 3.05) is 12.3 Å². The monoisotopic (exact) mass is 439 g/mol. The van der Waals surface area contributed by atoms with Gasteiger partial charge in [0, 0.05) is 41.3 Å². The van der Waals surface area contributed by atoms with Gasteiger partial charge < -0.3 is 5.32 Å². The van der Waals surface area contributed by atoms with Gasteiger partial charge in [-0.1, -0.05) is 41.9 Å². The van der Waals surface area contributed by atoms with Gasteiger partial charge >= 0.3 is 6.18 Å². The average molecular weight is 440 g/mol. The number of halogens is 4. The van der Waals surface area contributed by atoms with E-state index in [-0.39, 0.29) is 11.7 Å². The fourth-order valence-electron chi connectivity index (χ4n) is 3.30. The minimum atomic E-state index is -4.32. The Morgan fingerprint density at radius 1 is 1.10 bits per heavy atom. The summed E-state index contributed by atoms with van der Waals surface area (Å²) in [4.78, 5) is 12.1.